The highest BCUT2D eigenvalue weighted by Crippen LogP contribution is 2.26. The van der Waals surface area contributed by atoms with Gasteiger partial charge in [0.25, 0.3) is 5.91 Å². The summed E-state index contributed by atoms with van der Waals surface area (Å²) in [5.41, 5.74) is 5.10. The molecule has 1 fully saturated rings. The molecule has 4 nitrogen and oxygen atoms in total. The van der Waals surface area contributed by atoms with E-state index in [2.05, 4.69) is 19.3 Å². The van der Waals surface area contributed by atoms with E-state index in [1.165, 1.54) is 0 Å². The van der Waals surface area contributed by atoms with Crippen LogP contribution in [0.3, 0.4) is 0 Å². The molecule has 1 aromatic rings. The Morgan fingerprint density at radius 1 is 1.35 bits per heavy atom. The number of piperidine rings is 1. The molecule has 1 aromatic carbocycles. The van der Waals surface area contributed by atoms with Crippen molar-refractivity contribution >= 4 is 11.6 Å². The molecule has 0 bridgehead atoms. The summed E-state index contributed by atoms with van der Waals surface area (Å²) in [7, 11) is 0. The molecule has 0 unspecified atom stereocenters. The first kappa shape index (κ1) is 14.9. The molecule has 2 rings (SSSR count). The normalized spacial score (nSPS) is 16.6. The smallest absolute Gasteiger partial charge is 0.256 e. The van der Waals surface area contributed by atoms with Gasteiger partial charge in [-0.05, 0) is 49.3 Å². The van der Waals surface area contributed by atoms with Gasteiger partial charge in [-0.1, -0.05) is 19.9 Å². The molecule has 4 heteroatoms. The number of carbonyl (C=O) groups is 1. The van der Waals surface area contributed by atoms with Gasteiger partial charge >= 0.3 is 0 Å². The van der Waals surface area contributed by atoms with E-state index >= 15 is 0 Å². The molecular formula is C16H25N3O. The lowest BCUT2D eigenvalue weighted by Crippen LogP contribution is -2.39. The Labute approximate surface area is 121 Å². The van der Waals surface area contributed by atoms with Crippen LogP contribution in [0, 0.1) is 18.8 Å². The maximum absolute atomic E-state index is 12.6. The van der Waals surface area contributed by atoms with E-state index in [0.717, 1.165) is 37.4 Å². The van der Waals surface area contributed by atoms with E-state index < -0.39 is 0 Å². The molecule has 0 aromatic heterocycles. The number of nitrogens with two attached hydrogens (primary N) is 1. The van der Waals surface area contributed by atoms with Crippen LogP contribution in [0.4, 0.5) is 5.69 Å². The third kappa shape index (κ3) is 3.12. The summed E-state index contributed by atoms with van der Waals surface area (Å²) in [5.74, 6) is 7.05. The van der Waals surface area contributed by atoms with Gasteiger partial charge in [-0.25, -0.2) is 0 Å². The third-order valence-electron chi connectivity index (χ3n) is 4.33. The zero-order chi connectivity index (χ0) is 14.7. The number of carbonyl (C=O) groups excluding carboxylic acids is 1. The molecule has 110 valence electrons. The van der Waals surface area contributed by atoms with Gasteiger partial charge in [0, 0.05) is 13.1 Å². The van der Waals surface area contributed by atoms with Crippen LogP contribution in [-0.4, -0.2) is 23.9 Å². The number of benzene rings is 1. The average Bonchev–Trinajstić information content (AvgIpc) is 2.46. The minimum atomic E-state index is 0.0835. The van der Waals surface area contributed by atoms with Crippen LogP contribution < -0.4 is 11.3 Å². The van der Waals surface area contributed by atoms with E-state index in [1.54, 1.807) is 0 Å². The molecule has 0 aliphatic carbocycles. The van der Waals surface area contributed by atoms with E-state index in [1.807, 2.05) is 30.0 Å². The molecule has 1 saturated heterocycles. The first-order valence-corrected chi connectivity index (χ1v) is 7.39. The Hall–Kier alpha value is -1.55. The van der Waals surface area contributed by atoms with Gasteiger partial charge in [-0.15, -0.1) is 0 Å². The number of likely N-dealkylation sites (tertiary alicyclic amines) is 1. The highest BCUT2D eigenvalue weighted by atomic mass is 16.2. The summed E-state index contributed by atoms with van der Waals surface area (Å²) >= 11 is 0. The number of hydrogen-bond donors (Lipinski definition) is 2. The van der Waals surface area contributed by atoms with Crippen LogP contribution in [0.5, 0.6) is 0 Å². The van der Waals surface area contributed by atoms with Crippen LogP contribution in [-0.2, 0) is 0 Å². The number of nitrogens with zero attached hydrogens (tertiary/aromatic N) is 1. The van der Waals surface area contributed by atoms with Crippen LogP contribution in [0.15, 0.2) is 18.2 Å². The van der Waals surface area contributed by atoms with E-state index in [4.69, 9.17) is 5.84 Å². The van der Waals surface area contributed by atoms with E-state index in [9.17, 15) is 4.79 Å². The number of nitrogens with one attached hydrogen (secondary N) is 1. The minimum absolute atomic E-state index is 0.0835. The molecule has 0 spiro atoms. The van der Waals surface area contributed by atoms with Crippen LogP contribution in [0.25, 0.3) is 0 Å². The maximum Gasteiger partial charge on any atom is 0.256 e. The zero-order valence-corrected chi connectivity index (χ0v) is 12.6. The van der Waals surface area contributed by atoms with Gasteiger partial charge in [0.15, 0.2) is 0 Å². The van der Waals surface area contributed by atoms with Crippen molar-refractivity contribution in [2.24, 2.45) is 17.7 Å². The van der Waals surface area contributed by atoms with Crippen LogP contribution in [0.2, 0.25) is 0 Å². The predicted octanol–water partition coefficient (Wildman–Crippen LogP) is 2.79. The second kappa shape index (κ2) is 6.27. The van der Waals surface area contributed by atoms with Crippen LogP contribution >= 0.6 is 0 Å². The average molecular weight is 275 g/mol. The largest absolute Gasteiger partial charge is 0.339 e. The Balaban J connectivity index is 2.09. The van der Waals surface area contributed by atoms with Crippen molar-refractivity contribution in [3.05, 3.63) is 29.3 Å². The van der Waals surface area contributed by atoms with Crippen molar-refractivity contribution in [1.82, 2.24) is 4.90 Å². The second-order valence-corrected chi connectivity index (χ2v) is 6.07. The molecule has 20 heavy (non-hydrogen) atoms. The lowest BCUT2D eigenvalue weighted by atomic mass is 9.86. The summed E-state index contributed by atoms with van der Waals surface area (Å²) < 4.78 is 0. The molecule has 1 aliphatic rings. The van der Waals surface area contributed by atoms with Crippen LogP contribution in [0.1, 0.15) is 42.6 Å². The van der Waals surface area contributed by atoms with Gasteiger partial charge in [-0.2, -0.15) is 0 Å². The fourth-order valence-electron chi connectivity index (χ4n) is 2.90. The molecular weight excluding hydrogens is 250 g/mol. The molecule has 1 aliphatic heterocycles. The van der Waals surface area contributed by atoms with Gasteiger partial charge < -0.3 is 10.3 Å². The number of amides is 1. The van der Waals surface area contributed by atoms with Gasteiger partial charge in [0.05, 0.1) is 11.3 Å². The maximum atomic E-state index is 12.6. The number of aryl methyl sites for hydroxylation is 1. The first-order valence-electron chi connectivity index (χ1n) is 7.39. The number of rotatable bonds is 3. The van der Waals surface area contributed by atoms with E-state index in [0.29, 0.717) is 17.2 Å². The quantitative estimate of drug-likeness (QED) is 0.659. The highest BCUT2D eigenvalue weighted by Gasteiger charge is 2.26. The monoisotopic (exact) mass is 275 g/mol. The molecule has 0 saturated carbocycles. The first-order chi connectivity index (χ1) is 9.52. The van der Waals surface area contributed by atoms with Crippen molar-refractivity contribution in [1.29, 1.82) is 0 Å². The standard InChI is InChI=1S/C16H25N3O/c1-11(2)13-6-8-19(9-7-13)16(20)14-5-4-12(3)10-15(14)18-17/h4-5,10-11,13,18H,6-9,17H2,1-3H3. The summed E-state index contributed by atoms with van der Waals surface area (Å²) in [6.45, 7) is 8.21. The van der Waals surface area contributed by atoms with Gasteiger partial charge in [-0.3, -0.25) is 10.6 Å². The van der Waals surface area contributed by atoms with Crippen molar-refractivity contribution in [2.75, 3.05) is 18.5 Å². The van der Waals surface area contributed by atoms with Gasteiger partial charge in [0.1, 0.15) is 0 Å². The molecule has 0 radical (unpaired) electrons. The number of hydrogen-bond acceptors (Lipinski definition) is 3. The Bertz CT molecular complexity index is 477. The second-order valence-electron chi connectivity index (χ2n) is 6.07. The van der Waals surface area contributed by atoms with Crippen molar-refractivity contribution in [3.63, 3.8) is 0 Å². The third-order valence-corrected chi connectivity index (χ3v) is 4.33. The predicted molar refractivity (Wildman–Crippen MR) is 82.5 cm³/mol. The lowest BCUT2D eigenvalue weighted by Gasteiger charge is -2.34. The Morgan fingerprint density at radius 3 is 2.55 bits per heavy atom. The summed E-state index contributed by atoms with van der Waals surface area (Å²) in [6, 6.07) is 5.73. The number of nitrogen functional groups attached to an aromatic ring is 1. The minimum Gasteiger partial charge on any atom is -0.339 e. The molecule has 3 N–H and O–H groups in total. The highest BCUT2D eigenvalue weighted by molar-refractivity contribution is 5.99. The summed E-state index contributed by atoms with van der Waals surface area (Å²) in [4.78, 5) is 14.5. The lowest BCUT2D eigenvalue weighted by molar-refractivity contribution is 0.0668. The summed E-state index contributed by atoms with van der Waals surface area (Å²) in [6.07, 6.45) is 2.20. The van der Waals surface area contributed by atoms with Crippen molar-refractivity contribution in [2.45, 2.75) is 33.6 Å². The topological polar surface area (TPSA) is 58.4 Å². The van der Waals surface area contributed by atoms with Crippen molar-refractivity contribution < 1.29 is 4.79 Å². The molecule has 1 amide bonds. The Morgan fingerprint density at radius 2 is 2.00 bits per heavy atom. The summed E-state index contributed by atoms with van der Waals surface area (Å²) in [5, 5.41) is 0. The van der Waals surface area contributed by atoms with Gasteiger partial charge in [0.2, 0.25) is 0 Å². The zero-order valence-electron chi connectivity index (χ0n) is 12.6. The Kier molecular flexibility index (Phi) is 4.65. The fourth-order valence-corrected chi connectivity index (χ4v) is 2.90. The molecule has 1 heterocycles. The molecule has 0 atom stereocenters. The fraction of sp³-hybridized carbons (Fsp3) is 0.562. The SMILES string of the molecule is Cc1ccc(C(=O)N2CCC(C(C)C)CC2)c(NN)c1. The van der Waals surface area contributed by atoms with E-state index in [-0.39, 0.29) is 5.91 Å². The number of anilines is 1. The number of hydrazine groups is 1. The van der Waals surface area contributed by atoms with Crippen molar-refractivity contribution in [3.8, 4) is 0 Å².